The first kappa shape index (κ1) is 19.2. The van der Waals surface area contributed by atoms with Gasteiger partial charge >= 0.3 is 12.0 Å². The Morgan fingerprint density at radius 1 is 1.31 bits per heavy atom. The number of aromatic nitrogens is 2. The maximum atomic E-state index is 11.8. The highest BCUT2D eigenvalue weighted by molar-refractivity contribution is 6.31. The van der Waals surface area contributed by atoms with E-state index in [0.29, 0.717) is 16.4 Å². The summed E-state index contributed by atoms with van der Waals surface area (Å²) in [5.74, 6) is -1.59. The van der Waals surface area contributed by atoms with E-state index in [4.69, 9.17) is 22.1 Å². The molecule has 26 heavy (non-hydrogen) atoms. The minimum absolute atomic E-state index is 0.331. The van der Waals surface area contributed by atoms with E-state index in [-0.39, 0.29) is 0 Å². The number of imide groups is 1. The van der Waals surface area contributed by atoms with Gasteiger partial charge in [-0.25, -0.2) is 14.3 Å². The fourth-order valence-electron chi connectivity index (χ4n) is 2.08. The van der Waals surface area contributed by atoms with Crippen LogP contribution in [-0.2, 0) is 14.3 Å². The number of halogens is 1. The number of rotatable bonds is 5. The van der Waals surface area contributed by atoms with Crippen LogP contribution >= 0.6 is 11.6 Å². The van der Waals surface area contributed by atoms with Crippen molar-refractivity contribution >= 4 is 35.6 Å². The third-order valence-electron chi connectivity index (χ3n) is 3.34. The molecule has 2 rings (SSSR count). The molecule has 1 aromatic heterocycles. The number of nitrogens with one attached hydrogen (secondary N) is 1. The molecule has 0 fully saturated rings. The van der Waals surface area contributed by atoms with Crippen molar-refractivity contribution in [1.82, 2.24) is 15.1 Å². The minimum atomic E-state index is -1.18. The summed E-state index contributed by atoms with van der Waals surface area (Å²) in [4.78, 5) is 33.9. The number of esters is 1. The van der Waals surface area contributed by atoms with Crippen LogP contribution in [0.3, 0.4) is 0 Å². The van der Waals surface area contributed by atoms with Crippen LogP contribution in [0.25, 0.3) is 11.8 Å². The molecule has 136 valence electrons. The summed E-state index contributed by atoms with van der Waals surface area (Å²) in [7, 11) is 0. The first-order valence-corrected chi connectivity index (χ1v) is 7.97. The van der Waals surface area contributed by atoms with E-state index in [1.54, 1.807) is 11.6 Å². The largest absolute Gasteiger partial charge is 0.449 e. The first-order chi connectivity index (χ1) is 12.3. The number of para-hydroxylation sites is 1. The molecule has 0 saturated carbocycles. The normalized spacial score (nSPS) is 12.0. The van der Waals surface area contributed by atoms with Gasteiger partial charge in [-0.1, -0.05) is 29.8 Å². The van der Waals surface area contributed by atoms with E-state index >= 15 is 0 Å². The number of urea groups is 1. The van der Waals surface area contributed by atoms with Crippen molar-refractivity contribution in [2.24, 2.45) is 5.73 Å². The molecule has 9 heteroatoms. The quantitative estimate of drug-likeness (QED) is 0.611. The van der Waals surface area contributed by atoms with Crippen molar-refractivity contribution in [3.63, 3.8) is 0 Å². The Morgan fingerprint density at radius 3 is 2.58 bits per heavy atom. The highest BCUT2D eigenvalue weighted by atomic mass is 35.5. The van der Waals surface area contributed by atoms with E-state index in [1.165, 1.54) is 13.0 Å². The molecule has 3 N–H and O–H groups in total. The molecule has 2 aromatic rings. The third-order valence-corrected chi connectivity index (χ3v) is 3.71. The lowest BCUT2D eigenvalue weighted by Gasteiger charge is -2.10. The fraction of sp³-hybridized carbons (Fsp3) is 0.176. The van der Waals surface area contributed by atoms with Crippen molar-refractivity contribution in [3.05, 3.63) is 52.8 Å². The molecule has 0 aliphatic carbocycles. The van der Waals surface area contributed by atoms with Gasteiger partial charge in [0.15, 0.2) is 6.10 Å². The van der Waals surface area contributed by atoms with E-state index in [1.807, 2.05) is 35.6 Å². The lowest BCUT2D eigenvalue weighted by molar-refractivity contribution is -0.149. The number of carbonyl (C=O) groups excluding carboxylic acids is 3. The second-order valence-corrected chi connectivity index (χ2v) is 5.66. The van der Waals surface area contributed by atoms with Gasteiger partial charge in [0, 0.05) is 11.6 Å². The lowest BCUT2D eigenvalue weighted by atomic mass is 10.2. The molecule has 0 bridgehead atoms. The lowest BCUT2D eigenvalue weighted by Crippen LogP contribution is -2.42. The van der Waals surface area contributed by atoms with Crippen molar-refractivity contribution in [2.45, 2.75) is 20.0 Å². The Bertz CT molecular complexity index is 861. The van der Waals surface area contributed by atoms with Crippen LogP contribution in [0, 0.1) is 6.92 Å². The van der Waals surface area contributed by atoms with Crippen LogP contribution < -0.4 is 11.1 Å². The predicted octanol–water partition coefficient (Wildman–Crippen LogP) is 1.97. The smallest absolute Gasteiger partial charge is 0.331 e. The van der Waals surface area contributed by atoms with Crippen LogP contribution in [0.15, 0.2) is 36.4 Å². The summed E-state index contributed by atoms with van der Waals surface area (Å²) >= 11 is 6.34. The summed E-state index contributed by atoms with van der Waals surface area (Å²) in [6, 6.07) is 8.25. The zero-order chi connectivity index (χ0) is 19.3. The zero-order valence-electron chi connectivity index (χ0n) is 14.1. The van der Waals surface area contributed by atoms with Crippen molar-refractivity contribution < 1.29 is 19.1 Å². The molecular formula is C17H17ClN4O4. The molecule has 1 atom stereocenters. The number of carbonyl (C=O) groups is 3. The van der Waals surface area contributed by atoms with Crippen LogP contribution in [0.1, 0.15) is 18.2 Å². The van der Waals surface area contributed by atoms with E-state index in [0.717, 1.165) is 11.8 Å². The number of benzene rings is 1. The minimum Gasteiger partial charge on any atom is -0.449 e. The second kappa shape index (κ2) is 8.30. The number of aryl methyl sites for hydroxylation is 1. The van der Waals surface area contributed by atoms with Gasteiger partial charge < -0.3 is 10.5 Å². The number of amides is 3. The molecular weight excluding hydrogens is 360 g/mol. The van der Waals surface area contributed by atoms with Crippen LogP contribution in [0.5, 0.6) is 0 Å². The molecule has 0 saturated heterocycles. The fourth-order valence-corrected chi connectivity index (χ4v) is 2.42. The summed E-state index contributed by atoms with van der Waals surface area (Å²) in [5.41, 5.74) is 6.76. The summed E-state index contributed by atoms with van der Waals surface area (Å²) < 4.78 is 6.44. The summed E-state index contributed by atoms with van der Waals surface area (Å²) in [5, 5.41) is 6.50. The standard InChI is InChI=1S/C17H17ClN4O4/c1-10-13(15(18)22(21-10)12-6-4-3-5-7-12)8-9-14(23)26-11(2)16(24)20-17(19)25/h3-9,11H,1-2H3,(H3,19,20,24,25)/b9-8+. The number of ether oxygens (including phenoxy) is 1. The maximum Gasteiger partial charge on any atom is 0.331 e. The van der Waals surface area contributed by atoms with Gasteiger partial charge in [-0.15, -0.1) is 0 Å². The van der Waals surface area contributed by atoms with Crippen LogP contribution in [-0.4, -0.2) is 33.8 Å². The predicted molar refractivity (Wildman–Crippen MR) is 95.6 cm³/mol. The summed E-state index contributed by atoms with van der Waals surface area (Å²) in [6.07, 6.45) is 1.40. The molecule has 1 heterocycles. The van der Waals surface area contributed by atoms with Gasteiger partial charge in [0.25, 0.3) is 5.91 Å². The van der Waals surface area contributed by atoms with Crippen molar-refractivity contribution in [3.8, 4) is 5.69 Å². The Morgan fingerprint density at radius 2 is 1.96 bits per heavy atom. The summed E-state index contributed by atoms with van der Waals surface area (Å²) in [6.45, 7) is 3.06. The molecule has 1 aromatic carbocycles. The zero-order valence-corrected chi connectivity index (χ0v) is 14.9. The number of nitrogens with zero attached hydrogens (tertiary/aromatic N) is 2. The number of hydrogen-bond donors (Lipinski definition) is 2. The molecule has 0 spiro atoms. The Labute approximate surface area is 154 Å². The average molecular weight is 377 g/mol. The highest BCUT2D eigenvalue weighted by Crippen LogP contribution is 2.24. The topological polar surface area (TPSA) is 116 Å². The molecule has 1 unspecified atom stereocenters. The van der Waals surface area contributed by atoms with Crippen LogP contribution in [0.2, 0.25) is 5.15 Å². The van der Waals surface area contributed by atoms with Gasteiger partial charge in [0.2, 0.25) is 0 Å². The van der Waals surface area contributed by atoms with Gasteiger partial charge in [0.1, 0.15) is 5.15 Å². The van der Waals surface area contributed by atoms with Crippen molar-refractivity contribution in [2.75, 3.05) is 0 Å². The number of primary amides is 1. The third kappa shape index (κ3) is 4.70. The molecule has 0 aliphatic rings. The van der Waals surface area contributed by atoms with E-state index in [2.05, 4.69) is 5.10 Å². The van der Waals surface area contributed by atoms with Gasteiger partial charge in [0.05, 0.1) is 11.4 Å². The van der Waals surface area contributed by atoms with Crippen LogP contribution in [0.4, 0.5) is 4.79 Å². The van der Waals surface area contributed by atoms with Gasteiger partial charge in [-0.3, -0.25) is 10.1 Å². The maximum absolute atomic E-state index is 11.8. The van der Waals surface area contributed by atoms with Gasteiger partial charge in [-0.2, -0.15) is 5.10 Å². The monoisotopic (exact) mass is 376 g/mol. The Kier molecular flexibility index (Phi) is 6.13. The first-order valence-electron chi connectivity index (χ1n) is 7.59. The Hall–Kier alpha value is -3.13. The SMILES string of the molecule is Cc1nn(-c2ccccc2)c(Cl)c1/C=C/C(=O)OC(C)C(=O)NC(N)=O. The van der Waals surface area contributed by atoms with Gasteiger partial charge in [-0.05, 0) is 32.1 Å². The molecule has 0 radical (unpaired) electrons. The number of nitrogens with two attached hydrogens (primary N) is 1. The highest BCUT2D eigenvalue weighted by Gasteiger charge is 2.18. The molecule has 3 amide bonds. The average Bonchev–Trinajstić information content (AvgIpc) is 2.87. The van der Waals surface area contributed by atoms with E-state index in [9.17, 15) is 14.4 Å². The Balaban J connectivity index is 2.11. The van der Waals surface area contributed by atoms with Crippen molar-refractivity contribution in [1.29, 1.82) is 0 Å². The van der Waals surface area contributed by atoms with E-state index < -0.39 is 24.0 Å². The molecule has 0 aliphatic heterocycles. The second-order valence-electron chi connectivity index (χ2n) is 5.30. The molecule has 8 nitrogen and oxygen atoms in total. The number of hydrogen-bond acceptors (Lipinski definition) is 5.